The fourth-order valence-electron chi connectivity index (χ4n) is 1.70. The van der Waals surface area contributed by atoms with Crippen molar-refractivity contribution < 1.29 is 9.59 Å². The number of halogens is 1. The van der Waals surface area contributed by atoms with Gasteiger partial charge in [0.15, 0.2) is 0 Å². The van der Waals surface area contributed by atoms with E-state index >= 15 is 0 Å². The van der Waals surface area contributed by atoms with E-state index in [0.29, 0.717) is 10.7 Å². The molecule has 7 heteroatoms. The lowest BCUT2D eigenvalue weighted by atomic mass is 10.2. The van der Waals surface area contributed by atoms with Crippen LogP contribution in [0.25, 0.3) is 6.08 Å². The van der Waals surface area contributed by atoms with Crippen LogP contribution in [0.2, 0.25) is 5.15 Å². The third kappa shape index (κ3) is 4.90. The fraction of sp³-hybridized carbons (Fsp3) is 0.500. The minimum Gasteiger partial charge on any atom is -0.368 e. The van der Waals surface area contributed by atoms with Crippen molar-refractivity contribution in [3.8, 4) is 0 Å². The minimum atomic E-state index is -0.717. The van der Waals surface area contributed by atoms with Crippen LogP contribution in [0.1, 0.15) is 37.9 Å². The molecule has 3 N–H and O–H groups in total. The summed E-state index contributed by atoms with van der Waals surface area (Å²) >= 11 is 6.25. The molecule has 0 fully saturated rings. The summed E-state index contributed by atoms with van der Waals surface area (Å²) in [6.45, 7) is 6.19. The minimum absolute atomic E-state index is 0.405. The molecule has 0 radical (unpaired) electrons. The number of rotatable bonds is 7. The molecule has 0 aromatic carbocycles. The molecular formula is C14H21ClN4O2. The summed E-state index contributed by atoms with van der Waals surface area (Å²) in [4.78, 5) is 22.5. The predicted octanol–water partition coefficient (Wildman–Crippen LogP) is 1.65. The van der Waals surface area contributed by atoms with Crippen molar-refractivity contribution in [1.29, 1.82) is 0 Å². The van der Waals surface area contributed by atoms with Gasteiger partial charge in [0.2, 0.25) is 11.8 Å². The molecule has 116 valence electrons. The molecule has 6 nitrogen and oxygen atoms in total. The monoisotopic (exact) mass is 312 g/mol. The zero-order chi connectivity index (χ0) is 16.0. The number of nitrogens with zero attached hydrogens (tertiary/aromatic N) is 2. The van der Waals surface area contributed by atoms with E-state index in [0.717, 1.165) is 25.1 Å². The summed E-state index contributed by atoms with van der Waals surface area (Å²) in [5.41, 5.74) is 6.53. The van der Waals surface area contributed by atoms with Gasteiger partial charge in [-0.25, -0.2) is 0 Å². The molecule has 21 heavy (non-hydrogen) atoms. The van der Waals surface area contributed by atoms with Crippen molar-refractivity contribution in [2.75, 3.05) is 0 Å². The molecule has 0 bridgehead atoms. The van der Waals surface area contributed by atoms with E-state index in [1.807, 2.05) is 6.92 Å². The van der Waals surface area contributed by atoms with Crippen molar-refractivity contribution in [2.24, 2.45) is 5.73 Å². The first-order chi connectivity index (χ1) is 9.86. The lowest BCUT2D eigenvalue weighted by Crippen LogP contribution is -2.41. The Morgan fingerprint density at radius 3 is 2.76 bits per heavy atom. The SMILES string of the molecule is CCCCn1nc(C)c(/C=C/C(=O)NC(C)C(N)=O)c1Cl. The van der Waals surface area contributed by atoms with Crippen LogP contribution in [0.3, 0.4) is 0 Å². The van der Waals surface area contributed by atoms with E-state index < -0.39 is 17.9 Å². The molecule has 0 spiro atoms. The second-order valence-corrected chi connectivity index (χ2v) is 5.19. The summed E-state index contributed by atoms with van der Waals surface area (Å²) < 4.78 is 1.73. The summed E-state index contributed by atoms with van der Waals surface area (Å²) in [6, 6.07) is -0.717. The molecule has 1 heterocycles. The van der Waals surface area contributed by atoms with Crippen molar-refractivity contribution in [2.45, 2.75) is 46.2 Å². The Balaban J connectivity index is 2.78. The van der Waals surface area contributed by atoms with Crippen LogP contribution >= 0.6 is 11.6 Å². The fourth-order valence-corrected chi connectivity index (χ4v) is 2.03. The number of aryl methyl sites for hydroxylation is 2. The van der Waals surface area contributed by atoms with Gasteiger partial charge in [-0.3, -0.25) is 14.3 Å². The number of primary amides is 1. The van der Waals surface area contributed by atoms with Gasteiger partial charge in [0.1, 0.15) is 11.2 Å². The number of aromatic nitrogens is 2. The largest absolute Gasteiger partial charge is 0.368 e. The maximum Gasteiger partial charge on any atom is 0.244 e. The van der Waals surface area contributed by atoms with Crippen LogP contribution < -0.4 is 11.1 Å². The number of carbonyl (C=O) groups excluding carboxylic acids is 2. The van der Waals surface area contributed by atoms with E-state index in [1.54, 1.807) is 10.8 Å². The maximum absolute atomic E-state index is 11.7. The highest BCUT2D eigenvalue weighted by Gasteiger charge is 2.12. The van der Waals surface area contributed by atoms with Crippen molar-refractivity contribution in [1.82, 2.24) is 15.1 Å². The molecule has 1 atom stereocenters. The van der Waals surface area contributed by atoms with Gasteiger partial charge < -0.3 is 11.1 Å². The highest BCUT2D eigenvalue weighted by Crippen LogP contribution is 2.21. The lowest BCUT2D eigenvalue weighted by molar-refractivity contribution is -0.124. The van der Waals surface area contributed by atoms with Crippen LogP contribution in [-0.2, 0) is 16.1 Å². The number of carbonyl (C=O) groups is 2. The quantitative estimate of drug-likeness (QED) is 0.750. The third-order valence-electron chi connectivity index (χ3n) is 3.02. The summed E-state index contributed by atoms with van der Waals surface area (Å²) in [5, 5.41) is 7.31. The molecule has 0 saturated carbocycles. The number of hydrogen-bond donors (Lipinski definition) is 2. The number of unbranched alkanes of at least 4 members (excludes halogenated alkanes) is 1. The Morgan fingerprint density at radius 1 is 1.52 bits per heavy atom. The maximum atomic E-state index is 11.7. The van der Waals surface area contributed by atoms with Gasteiger partial charge in [0, 0.05) is 18.2 Å². The predicted molar refractivity (Wildman–Crippen MR) is 82.7 cm³/mol. The lowest BCUT2D eigenvalue weighted by Gasteiger charge is -2.07. The number of nitrogens with two attached hydrogens (primary N) is 1. The molecule has 1 aromatic rings. The Bertz CT molecular complexity index is 551. The molecule has 0 aliphatic heterocycles. The van der Waals surface area contributed by atoms with Gasteiger partial charge in [-0.15, -0.1) is 0 Å². The topological polar surface area (TPSA) is 90.0 Å². The van der Waals surface area contributed by atoms with E-state index in [2.05, 4.69) is 17.3 Å². The molecule has 1 aromatic heterocycles. The van der Waals surface area contributed by atoms with E-state index in [9.17, 15) is 9.59 Å². The van der Waals surface area contributed by atoms with Gasteiger partial charge in [-0.2, -0.15) is 5.10 Å². The normalized spacial score (nSPS) is 12.6. The average molecular weight is 313 g/mol. The molecule has 2 amide bonds. The van der Waals surface area contributed by atoms with Crippen LogP contribution in [0.5, 0.6) is 0 Å². The van der Waals surface area contributed by atoms with E-state index in [4.69, 9.17) is 17.3 Å². The second kappa shape index (κ2) is 7.83. The third-order valence-corrected chi connectivity index (χ3v) is 3.42. The first-order valence-electron chi connectivity index (χ1n) is 6.87. The molecule has 0 saturated heterocycles. The Hall–Kier alpha value is -1.82. The van der Waals surface area contributed by atoms with E-state index in [1.165, 1.54) is 13.0 Å². The van der Waals surface area contributed by atoms with E-state index in [-0.39, 0.29) is 0 Å². The van der Waals surface area contributed by atoms with Gasteiger partial charge in [-0.1, -0.05) is 24.9 Å². The Morgan fingerprint density at radius 2 is 2.19 bits per heavy atom. The Kier molecular flexibility index (Phi) is 6.42. The molecular weight excluding hydrogens is 292 g/mol. The number of nitrogens with one attached hydrogen (secondary N) is 1. The molecule has 1 unspecified atom stereocenters. The summed E-state index contributed by atoms with van der Waals surface area (Å²) in [6.07, 6.45) is 4.95. The zero-order valence-electron chi connectivity index (χ0n) is 12.5. The first kappa shape index (κ1) is 17.2. The number of hydrogen-bond acceptors (Lipinski definition) is 3. The van der Waals surface area contributed by atoms with Crippen LogP contribution in [0, 0.1) is 6.92 Å². The average Bonchev–Trinajstić information content (AvgIpc) is 2.68. The highest BCUT2D eigenvalue weighted by molar-refractivity contribution is 6.31. The Labute approximate surface area is 129 Å². The summed E-state index contributed by atoms with van der Waals surface area (Å²) in [7, 11) is 0. The van der Waals surface area contributed by atoms with Crippen molar-refractivity contribution >= 4 is 29.5 Å². The zero-order valence-corrected chi connectivity index (χ0v) is 13.3. The van der Waals surface area contributed by atoms with Gasteiger partial charge in [0.05, 0.1) is 5.69 Å². The van der Waals surface area contributed by atoms with Gasteiger partial charge in [-0.05, 0) is 26.3 Å². The highest BCUT2D eigenvalue weighted by atomic mass is 35.5. The summed E-state index contributed by atoms with van der Waals surface area (Å²) in [5.74, 6) is -0.989. The molecule has 0 aliphatic carbocycles. The van der Waals surface area contributed by atoms with Crippen molar-refractivity contribution in [3.63, 3.8) is 0 Å². The molecule has 0 aliphatic rings. The number of amides is 2. The van der Waals surface area contributed by atoms with Crippen LogP contribution in [-0.4, -0.2) is 27.6 Å². The van der Waals surface area contributed by atoms with Crippen molar-refractivity contribution in [3.05, 3.63) is 22.5 Å². The van der Waals surface area contributed by atoms with Gasteiger partial charge in [0.25, 0.3) is 0 Å². The second-order valence-electron chi connectivity index (χ2n) is 4.83. The van der Waals surface area contributed by atoms with Gasteiger partial charge >= 0.3 is 0 Å². The van der Waals surface area contributed by atoms with Crippen LogP contribution in [0.15, 0.2) is 6.08 Å². The van der Waals surface area contributed by atoms with Crippen LogP contribution in [0.4, 0.5) is 0 Å². The smallest absolute Gasteiger partial charge is 0.244 e. The first-order valence-corrected chi connectivity index (χ1v) is 7.25. The standard InChI is InChI=1S/C14H21ClN4O2/c1-4-5-8-19-13(15)11(9(2)18-19)6-7-12(20)17-10(3)14(16)21/h6-7,10H,4-5,8H2,1-3H3,(H2,16,21)(H,17,20)/b7-6+. The molecule has 1 rings (SSSR count).